The highest BCUT2D eigenvalue weighted by molar-refractivity contribution is 5.96. The number of nitrogens with zero attached hydrogens (tertiary/aromatic N) is 3. The first kappa shape index (κ1) is 17.1. The van der Waals surface area contributed by atoms with Gasteiger partial charge in [0.2, 0.25) is 5.82 Å². The molecular formula is C15H16N4O5. The van der Waals surface area contributed by atoms with Gasteiger partial charge in [-0.15, -0.1) is 0 Å². The average Bonchev–Trinajstić information content (AvgIpc) is 2.56. The van der Waals surface area contributed by atoms with Crippen LogP contribution in [0.1, 0.15) is 24.2 Å². The molecule has 9 nitrogen and oxygen atoms in total. The summed E-state index contributed by atoms with van der Waals surface area (Å²) in [4.78, 5) is 30.4. The van der Waals surface area contributed by atoms with E-state index in [1.807, 2.05) is 0 Å². The fourth-order valence-corrected chi connectivity index (χ4v) is 1.97. The minimum Gasteiger partial charge on any atom is -0.473 e. The van der Waals surface area contributed by atoms with E-state index in [2.05, 4.69) is 15.3 Å². The van der Waals surface area contributed by atoms with Gasteiger partial charge in [-0.1, -0.05) is 12.1 Å². The Hall–Kier alpha value is -3.23. The Morgan fingerprint density at radius 1 is 1.25 bits per heavy atom. The lowest BCUT2D eigenvalue weighted by atomic mass is 10.2. The molecule has 2 aromatic rings. The number of hydrogen-bond donors (Lipinski definition) is 1. The monoisotopic (exact) mass is 332 g/mol. The van der Waals surface area contributed by atoms with E-state index in [9.17, 15) is 14.9 Å². The predicted octanol–water partition coefficient (Wildman–Crippen LogP) is 2.70. The molecule has 0 radical (unpaired) electrons. The Morgan fingerprint density at radius 2 is 2.00 bits per heavy atom. The first-order valence-corrected chi connectivity index (χ1v) is 7.23. The summed E-state index contributed by atoms with van der Waals surface area (Å²) in [6.07, 6.45) is 1.15. The van der Waals surface area contributed by atoms with Crippen molar-refractivity contribution in [1.82, 2.24) is 9.97 Å². The topological polar surface area (TPSA) is 116 Å². The fourth-order valence-electron chi connectivity index (χ4n) is 1.97. The molecule has 1 N–H and O–H groups in total. The van der Waals surface area contributed by atoms with Crippen molar-refractivity contribution >= 4 is 23.2 Å². The van der Waals surface area contributed by atoms with E-state index in [1.165, 1.54) is 0 Å². The van der Waals surface area contributed by atoms with Gasteiger partial charge < -0.3 is 14.8 Å². The van der Waals surface area contributed by atoms with Crippen LogP contribution in [0.25, 0.3) is 0 Å². The summed E-state index contributed by atoms with van der Waals surface area (Å²) < 4.78 is 10.1. The summed E-state index contributed by atoms with van der Waals surface area (Å²) in [6.45, 7) is 3.82. The van der Waals surface area contributed by atoms with Crippen LogP contribution in [0.5, 0.6) is 5.88 Å². The van der Waals surface area contributed by atoms with Gasteiger partial charge in [-0.3, -0.25) is 10.1 Å². The number of nitrogens with one attached hydrogen (secondary N) is 1. The molecule has 24 heavy (non-hydrogen) atoms. The van der Waals surface area contributed by atoms with E-state index in [-0.39, 0.29) is 30.5 Å². The molecule has 1 heterocycles. The summed E-state index contributed by atoms with van der Waals surface area (Å²) in [7, 11) is 0. The second kappa shape index (κ2) is 7.86. The molecule has 0 aliphatic rings. The molecule has 0 saturated carbocycles. The van der Waals surface area contributed by atoms with Gasteiger partial charge in [-0.05, 0) is 26.0 Å². The van der Waals surface area contributed by atoms with Gasteiger partial charge in [0.1, 0.15) is 6.33 Å². The van der Waals surface area contributed by atoms with Crippen LogP contribution in [0, 0.1) is 10.1 Å². The maximum Gasteiger partial charge on any atom is 0.373 e. The minimum atomic E-state index is -0.639. The summed E-state index contributed by atoms with van der Waals surface area (Å²) in [5.74, 6) is -0.758. The number of carbonyl (C=O) groups is 1. The first-order valence-electron chi connectivity index (χ1n) is 7.23. The summed E-state index contributed by atoms with van der Waals surface area (Å²) >= 11 is 0. The van der Waals surface area contributed by atoms with Crippen molar-refractivity contribution in [2.24, 2.45) is 0 Å². The number of para-hydroxylation sites is 1. The molecule has 2 rings (SSSR count). The number of rotatable bonds is 7. The molecule has 1 aromatic carbocycles. The third-order valence-electron chi connectivity index (χ3n) is 2.93. The number of carbonyl (C=O) groups excluding carboxylic acids is 1. The molecule has 0 fully saturated rings. The summed E-state index contributed by atoms with van der Waals surface area (Å²) in [5.41, 5.74) is 0.170. The highest BCUT2D eigenvalue weighted by Gasteiger charge is 2.25. The third-order valence-corrected chi connectivity index (χ3v) is 2.93. The number of esters is 1. The molecule has 1 aromatic heterocycles. The molecule has 0 spiro atoms. The second-order valence-corrected chi connectivity index (χ2v) is 4.46. The Bertz CT molecular complexity index is 750. The zero-order valence-corrected chi connectivity index (χ0v) is 13.2. The largest absolute Gasteiger partial charge is 0.473 e. The molecule has 126 valence electrons. The Kier molecular flexibility index (Phi) is 5.61. The number of anilines is 2. The highest BCUT2D eigenvalue weighted by Crippen LogP contribution is 2.33. The molecule has 9 heteroatoms. The van der Waals surface area contributed by atoms with Gasteiger partial charge in [0.05, 0.1) is 29.4 Å². The van der Waals surface area contributed by atoms with Crippen LogP contribution in [-0.4, -0.2) is 34.1 Å². The third kappa shape index (κ3) is 3.75. The minimum absolute atomic E-state index is 0.0739. The van der Waals surface area contributed by atoms with Crippen LogP contribution in [0.4, 0.5) is 17.2 Å². The Labute approximate surface area is 137 Å². The van der Waals surface area contributed by atoms with Gasteiger partial charge in [0, 0.05) is 0 Å². The summed E-state index contributed by atoms with van der Waals surface area (Å²) in [5, 5.41) is 14.1. The van der Waals surface area contributed by atoms with Crippen molar-refractivity contribution in [2.45, 2.75) is 13.8 Å². The number of ether oxygens (including phenoxy) is 2. The SMILES string of the molecule is CCOC(=O)c1ccccc1Nc1ncnc(OCC)c1[N+](=O)[O-]. The lowest BCUT2D eigenvalue weighted by Crippen LogP contribution is -2.10. The van der Waals surface area contributed by atoms with Crippen LogP contribution in [0.2, 0.25) is 0 Å². The fraction of sp³-hybridized carbons (Fsp3) is 0.267. The lowest BCUT2D eigenvalue weighted by molar-refractivity contribution is -0.385. The molecular weight excluding hydrogens is 316 g/mol. The molecule has 0 saturated heterocycles. The summed E-state index contributed by atoms with van der Waals surface area (Å²) in [6, 6.07) is 6.49. The van der Waals surface area contributed by atoms with Crippen LogP contribution in [0.15, 0.2) is 30.6 Å². The van der Waals surface area contributed by atoms with Crippen LogP contribution in [0.3, 0.4) is 0 Å². The van der Waals surface area contributed by atoms with Gasteiger partial charge in [0.25, 0.3) is 5.88 Å². The van der Waals surface area contributed by atoms with Gasteiger partial charge in [0.15, 0.2) is 0 Å². The predicted molar refractivity (Wildman–Crippen MR) is 85.5 cm³/mol. The van der Waals surface area contributed by atoms with Crippen molar-refractivity contribution in [2.75, 3.05) is 18.5 Å². The zero-order valence-electron chi connectivity index (χ0n) is 13.2. The van der Waals surface area contributed by atoms with Crippen LogP contribution in [-0.2, 0) is 4.74 Å². The van der Waals surface area contributed by atoms with Crippen molar-refractivity contribution in [3.05, 3.63) is 46.3 Å². The Balaban J connectivity index is 2.44. The maximum absolute atomic E-state index is 12.0. The van der Waals surface area contributed by atoms with E-state index in [0.717, 1.165) is 6.33 Å². The van der Waals surface area contributed by atoms with Gasteiger partial charge in [-0.2, -0.15) is 4.98 Å². The number of benzene rings is 1. The van der Waals surface area contributed by atoms with E-state index >= 15 is 0 Å². The van der Waals surface area contributed by atoms with Crippen molar-refractivity contribution in [3.8, 4) is 5.88 Å². The van der Waals surface area contributed by atoms with Crippen LogP contribution >= 0.6 is 0 Å². The molecule has 0 atom stereocenters. The number of nitro groups is 1. The quantitative estimate of drug-likeness (QED) is 0.467. The number of aromatic nitrogens is 2. The standard InChI is InChI=1S/C15H16N4O5/c1-3-23-14-12(19(21)22)13(16-9-17-14)18-11-8-6-5-7-10(11)15(20)24-4-2/h5-9H,3-4H2,1-2H3,(H,16,17,18). The van der Waals surface area contributed by atoms with E-state index < -0.39 is 16.6 Å². The molecule has 0 bridgehead atoms. The second-order valence-electron chi connectivity index (χ2n) is 4.46. The van der Waals surface area contributed by atoms with E-state index in [1.54, 1.807) is 38.1 Å². The van der Waals surface area contributed by atoms with E-state index in [0.29, 0.717) is 5.69 Å². The molecule has 0 unspecified atom stereocenters. The normalized spacial score (nSPS) is 10.1. The van der Waals surface area contributed by atoms with Gasteiger partial charge in [-0.25, -0.2) is 9.78 Å². The highest BCUT2D eigenvalue weighted by atomic mass is 16.6. The molecule has 0 amide bonds. The smallest absolute Gasteiger partial charge is 0.373 e. The number of hydrogen-bond acceptors (Lipinski definition) is 8. The van der Waals surface area contributed by atoms with Crippen molar-refractivity contribution in [1.29, 1.82) is 0 Å². The van der Waals surface area contributed by atoms with Crippen molar-refractivity contribution < 1.29 is 19.2 Å². The molecule has 0 aliphatic heterocycles. The van der Waals surface area contributed by atoms with Gasteiger partial charge >= 0.3 is 11.7 Å². The van der Waals surface area contributed by atoms with Crippen LogP contribution < -0.4 is 10.1 Å². The zero-order chi connectivity index (χ0) is 17.5. The molecule has 0 aliphatic carbocycles. The Morgan fingerprint density at radius 3 is 2.67 bits per heavy atom. The maximum atomic E-state index is 12.0. The van der Waals surface area contributed by atoms with Crippen molar-refractivity contribution in [3.63, 3.8) is 0 Å². The first-order chi connectivity index (χ1) is 11.6. The van der Waals surface area contributed by atoms with E-state index in [4.69, 9.17) is 9.47 Å². The lowest BCUT2D eigenvalue weighted by Gasteiger charge is -2.11. The average molecular weight is 332 g/mol.